The summed E-state index contributed by atoms with van der Waals surface area (Å²) in [4.78, 5) is 1.51. The molecule has 2 unspecified atom stereocenters. The molecule has 1 heterocycles. The Balaban J connectivity index is 1.97. The number of nitrogens with one attached hydrogen (secondary N) is 1. The van der Waals surface area contributed by atoms with Crippen LogP contribution in [0, 0.1) is 6.92 Å². The van der Waals surface area contributed by atoms with E-state index in [1.165, 1.54) is 35.3 Å². The van der Waals surface area contributed by atoms with E-state index in [1.54, 1.807) is 0 Å². The Labute approximate surface area is 128 Å². The zero-order valence-electron chi connectivity index (χ0n) is 11.5. The second kappa shape index (κ2) is 5.86. The van der Waals surface area contributed by atoms with Gasteiger partial charge < -0.3 is 0 Å². The van der Waals surface area contributed by atoms with Crippen molar-refractivity contribution in [2.24, 2.45) is 5.84 Å². The molecule has 0 aliphatic heterocycles. The Bertz CT molecular complexity index is 608. The molecule has 1 aliphatic carbocycles. The molecule has 2 atom stereocenters. The lowest BCUT2D eigenvalue weighted by atomic mass is 9.80. The largest absolute Gasteiger partial charge is 0.271 e. The van der Waals surface area contributed by atoms with Crippen molar-refractivity contribution in [1.82, 2.24) is 5.43 Å². The van der Waals surface area contributed by atoms with Crippen molar-refractivity contribution in [3.63, 3.8) is 0 Å². The maximum atomic E-state index is 6.27. The minimum absolute atomic E-state index is 0.127. The van der Waals surface area contributed by atoms with E-state index in [1.807, 2.05) is 24.3 Å². The average molecular weight is 307 g/mol. The first-order valence-electron chi connectivity index (χ1n) is 6.99. The van der Waals surface area contributed by atoms with E-state index >= 15 is 0 Å². The van der Waals surface area contributed by atoms with Gasteiger partial charge in [0.15, 0.2) is 0 Å². The molecule has 4 heteroatoms. The summed E-state index contributed by atoms with van der Waals surface area (Å²) >= 11 is 8.13. The summed E-state index contributed by atoms with van der Waals surface area (Å²) in [5.41, 5.74) is 6.75. The third-order valence-corrected chi connectivity index (χ3v) is 5.64. The molecular formula is C16H19ClN2S. The van der Waals surface area contributed by atoms with E-state index in [-0.39, 0.29) is 6.04 Å². The molecule has 0 saturated carbocycles. The number of hydrazine groups is 1. The third-order valence-electron chi connectivity index (χ3n) is 4.24. The van der Waals surface area contributed by atoms with Crippen LogP contribution in [0.25, 0.3) is 0 Å². The van der Waals surface area contributed by atoms with Crippen LogP contribution in [-0.2, 0) is 6.42 Å². The lowest BCUT2D eigenvalue weighted by molar-refractivity contribution is 0.411. The number of hydrogen-bond donors (Lipinski definition) is 2. The van der Waals surface area contributed by atoms with Gasteiger partial charge in [0.25, 0.3) is 0 Å². The van der Waals surface area contributed by atoms with Gasteiger partial charge in [-0.15, -0.1) is 11.3 Å². The van der Waals surface area contributed by atoms with Crippen LogP contribution in [0.4, 0.5) is 0 Å². The van der Waals surface area contributed by atoms with Crippen molar-refractivity contribution in [2.75, 3.05) is 0 Å². The fourth-order valence-electron chi connectivity index (χ4n) is 3.12. The molecule has 1 aromatic carbocycles. The molecule has 1 aromatic heterocycles. The number of hydrogen-bond acceptors (Lipinski definition) is 3. The maximum Gasteiger partial charge on any atom is 0.0529 e. The van der Waals surface area contributed by atoms with Gasteiger partial charge in [0, 0.05) is 15.8 Å². The summed E-state index contributed by atoms with van der Waals surface area (Å²) in [6.45, 7) is 2.02. The maximum absolute atomic E-state index is 6.27. The molecule has 3 rings (SSSR count). The fourth-order valence-corrected chi connectivity index (χ4v) is 4.30. The smallest absolute Gasteiger partial charge is 0.0529 e. The number of rotatable bonds is 3. The van der Waals surface area contributed by atoms with Crippen molar-refractivity contribution >= 4 is 22.9 Å². The molecule has 1 aliphatic rings. The molecule has 0 spiro atoms. The number of benzene rings is 1. The molecule has 0 bridgehead atoms. The van der Waals surface area contributed by atoms with Gasteiger partial charge in [0.05, 0.1) is 6.04 Å². The Morgan fingerprint density at radius 3 is 3.00 bits per heavy atom. The molecule has 0 saturated heterocycles. The summed E-state index contributed by atoms with van der Waals surface area (Å²) in [6, 6.07) is 8.62. The number of nitrogens with two attached hydrogens (primary N) is 1. The van der Waals surface area contributed by atoms with Crippen LogP contribution in [0.1, 0.15) is 46.4 Å². The van der Waals surface area contributed by atoms with Crippen molar-refractivity contribution in [2.45, 2.75) is 38.1 Å². The minimum Gasteiger partial charge on any atom is -0.271 e. The van der Waals surface area contributed by atoms with Gasteiger partial charge in [-0.2, -0.15) is 0 Å². The Morgan fingerprint density at radius 2 is 2.25 bits per heavy atom. The van der Waals surface area contributed by atoms with Gasteiger partial charge in [-0.05, 0) is 60.4 Å². The van der Waals surface area contributed by atoms with Crippen LogP contribution in [-0.4, -0.2) is 0 Å². The van der Waals surface area contributed by atoms with E-state index in [0.29, 0.717) is 5.92 Å². The van der Waals surface area contributed by atoms with E-state index in [2.05, 4.69) is 29.0 Å². The first-order valence-corrected chi connectivity index (χ1v) is 8.25. The molecule has 2 nitrogen and oxygen atoms in total. The highest BCUT2D eigenvalue weighted by Gasteiger charge is 2.29. The van der Waals surface area contributed by atoms with Crippen LogP contribution < -0.4 is 11.3 Å². The summed E-state index contributed by atoms with van der Waals surface area (Å²) in [5, 5.41) is 3.00. The Kier molecular flexibility index (Phi) is 4.13. The normalized spacial score (nSPS) is 19.6. The van der Waals surface area contributed by atoms with Crippen molar-refractivity contribution in [1.29, 1.82) is 0 Å². The first-order chi connectivity index (χ1) is 9.70. The molecule has 0 radical (unpaired) electrons. The van der Waals surface area contributed by atoms with Gasteiger partial charge in [-0.3, -0.25) is 11.3 Å². The SMILES string of the molecule is Cc1ccc(C(NN)C2CCCc3sccc32)cc1Cl. The zero-order valence-corrected chi connectivity index (χ0v) is 13.1. The lowest BCUT2D eigenvalue weighted by Gasteiger charge is -2.30. The van der Waals surface area contributed by atoms with Crippen LogP contribution >= 0.6 is 22.9 Å². The highest BCUT2D eigenvalue weighted by atomic mass is 35.5. The van der Waals surface area contributed by atoms with Crippen LogP contribution in [0.5, 0.6) is 0 Å². The zero-order chi connectivity index (χ0) is 14.1. The topological polar surface area (TPSA) is 38.0 Å². The standard InChI is InChI=1S/C16H19ClN2S/c1-10-5-6-11(9-14(10)17)16(19-18)13-3-2-4-15-12(13)7-8-20-15/h5-9,13,16,19H,2-4,18H2,1H3. The van der Waals surface area contributed by atoms with E-state index < -0.39 is 0 Å². The minimum atomic E-state index is 0.127. The molecular weight excluding hydrogens is 288 g/mol. The predicted octanol–water partition coefficient (Wildman–Crippen LogP) is 4.33. The van der Waals surface area contributed by atoms with Gasteiger partial charge in [0.1, 0.15) is 0 Å². The van der Waals surface area contributed by atoms with Crippen molar-refractivity contribution in [3.8, 4) is 0 Å². The van der Waals surface area contributed by atoms with Crippen LogP contribution in [0.2, 0.25) is 5.02 Å². The Morgan fingerprint density at radius 1 is 1.40 bits per heavy atom. The summed E-state index contributed by atoms with van der Waals surface area (Å²) in [7, 11) is 0. The van der Waals surface area contributed by atoms with Crippen molar-refractivity contribution < 1.29 is 0 Å². The van der Waals surface area contributed by atoms with Gasteiger partial charge in [-0.1, -0.05) is 23.7 Å². The van der Waals surface area contributed by atoms with Gasteiger partial charge >= 0.3 is 0 Å². The van der Waals surface area contributed by atoms with E-state index in [9.17, 15) is 0 Å². The van der Waals surface area contributed by atoms with Gasteiger partial charge in [-0.25, -0.2) is 0 Å². The number of fused-ring (bicyclic) bond motifs is 1. The lowest BCUT2D eigenvalue weighted by Crippen LogP contribution is -2.33. The monoisotopic (exact) mass is 306 g/mol. The number of halogens is 1. The summed E-state index contributed by atoms with van der Waals surface area (Å²) in [6.07, 6.45) is 3.61. The average Bonchev–Trinajstić information content (AvgIpc) is 2.93. The molecule has 0 fully saturated rings. The molecule has 106 valence electrons. The highest BCUT2D eigenvalue weighted by Crippen LogP contribution is 2.42. The van der Waals surface area contributed by atoms with E-state index in [0.717, 1.165) is 10.6 Å². The summed E-state index contributed by atoms with van der Waals surface area (Å²) in [5.74, 6) is 6.30. The quantitative estimate of drug-likeness (QED) is 0.654. The van der Waals surface area contributed by atoms with Crippen molar-refractivity contribution in [3.05, 3.63) is 56.2 Å². The highest BCUT2D eigenvalue weighted by molar-refractivity contribution is 7.10. The number of aryl methyl sites for hydroxylation is 2. The third kappa shape index (κ3) is 2.51. The molecule has 3 N–H and O–H groups in total. The predicted molar refractivity (Wildman–Crippen MR) is 86.3 cm³/mol. The van der Waals surface area contributed by atoms with Crippen LogP contribution in [0.15, 0.2) is 29.6 Å². The summed E-state index contributed by atoms with van der Waals surface area (Å²) < 4.78 is 0. The molecule has 2 aromatic rings. The first kappa shape index (κ1) is 14.1. The second-order valence-electron chi connectivity index (χ2n) is 5.45. The van der Waals surface area contributed by atoms with E-state index in [4.69, 9.17) is 17.4 Å². The molecule has 0 amide bonds. The fraction of sp³-hybridized carbons (Fsp3) is 0.375. The number of thiophene rings is 1. The van der Waals surface area contributed by atoms with Gasteiger partial charge in [0.2, 0.25) is 0 Å². The molecule has 20 heavy (non-hydrogen) atoms. The second-order valence-corrected chi connectivity index (χ2v) is 6.86. The van der Waals surface area contributed by atoms with Crippen LogP contribution in [0.3, 0.4) is 0 Å². The Hall–Kier alpha value is -0.870.